The van der Waals surface area contributed by atoms with E-state index in [0.717, 1.165) is 24.6 Å². The molecule has 0 aliphatic rings. The molecule has 1 aromatic heterocycles. The number of aryl methyl sites for hydroxylation is 1. The molecule has 4 heteroatoms. The molecule has 0 fully saturated rings. The van der Waals surface area contributed by atoms with Crippen LogP contribution in [0.25, 0.3) is 0 Å². The molecule has 1 rings (SSSR count). The van der Waals surface area contributed by atoms with Gasteiger partial charge in [-0.15, -0.1) is 0 Å². The predicted octanol–water partition coefficient (Wildman–Crippen LogP) is 1.91. The quantitative estimate of drug-likeness (QED) is 0.550. The van der Waals surface area contributed by atoms with Crippen LogP contribution in [0.5, 0.6) is 0 Å². The first-order valence-corrected chi connectivity index (χ1v) is 5.21. The summed E-state index contributed by atoms with van der Waals surface area (Å²) in [4.78, 5) is 4.20. The highest BCUT2D eigenvalue weighted by Gasteiger charge is 1.98. The van der Waals surface area contributed by atoms with E-state index in [1.165, 1.54) is 0 Å². The molecule has 0 saturated heterocycles. The lowest BCUT2D eigenvalue weighted by Gasteiger charge is -2.08. The van der Waals surface area contributed by atoms with E-state index in [9.17, 15) is 0 Å². The third-order valence-corrected chi connectivity index (χ3v) is 1.93. The van der Waals surface area contributed by atoms with Crippen molar-refractivity contribution in [1.29, 1.82) is 0 Å². The second kappa shape index (κ2) is 6.24. The zero-order chi connectivity index (χ0) is 11.1. The molecule has 0 atom stereocenters. The number of imidazole rings is 1. The second-order valence-electron chi connectivity index (χ2n) is 3.47. The van der Waals surface area contributed by atoms with Gasteiger partial charge in [0.1, 0.15) is 0 Å². The summed E-state index contributed by atoms with van der Waals surface area (Å²) >= 11 is 0. The summed E-state index contributed by atoms with van der Waals surface area (Å²) in [5, 5.41) is 3.22. The number of ether oxygens (including phenoxy) is 1. The molecule has 0 aliphatic heterocycles. The van der Waals surface area contributed by atoms with Crippen molar-refractivity contribution >= 4 is 5.95 Å². The van der Waals surface area contributed by atoms with Crippen molar-refractivity contribution in [2.45, 2.75) is 20.4 Å². The predicted molar refractivity (Wildman–Crippen MR) is 62.0 cm³/mol. The van der Waals surface area contributed by atoms with Crippen molar-refractivity contribution in [2.75, 3.05) is 25.1 Å². The molecule has 0 spiro atoms. The standard InChI is InChI=1S/C11H19N3O/c1-4-14-7-5-12-11(14)13-6-8-15-9-10(2)3/h5,7H,2,4,6,8-9H2,1,3H3,(H,12,13). The fraction of sp³-hybridized carbons (Fsp3) is 0.545. The van der Waals surface area contributed by atoms with Crippen molar-refractivity contribution in [1.82, 2.24) is 9.55 Å². The number of anilines is 1. The van der Waals surface area contributed by atoms with Crippen LogP contribution in [0.2, 0.25) is 0 Å². The molecule has 1 aromatic rings. The molecule has 0 aromatic carbocycles. The lowest BCUT2D eigenvalue weighted by molar-refractivity contribution is 0.167. The van der Waals surface area contributed by atoms with E-state index in [2.05, 4.69) is 28.4 Å². The lowest BCUT2D eigenvalue weighted by atomic mass is 10.4. The Balaban J connectivity index is 2.17. The number of rotatable bonds is 7. The maximum Gasteiger partial charge on any atom is 0.202 e. The zero-order valence-corrected chi connectivity index (χ0v) is 9.49. The van der Waals surface area contributed by atoms with Gasteiger partial charge in [-0.05, 0) is 13.8 Å². The Bertz CT molecular complexity index is 307. The molecular formula is C11H19N3O. The molecule has 84 valence electrons. The van der Waals surface area contributed by atoms with Crippen LogP contribution in [0.1, 0.15) is 13.8 Å². The largest absolute Gasteiger partial charge is 0.375 e. The molecule has 1 N–H and O–H groups in total. The Morgan fingerprint density at radius 1 is 1.67 bits per heavy atom. The molecule has 4 nitrogen and oxygen atoms in total. The fourth-order valence-corrected chi connectivity index (χ4v) is 1.21. The summed E-state index contributed by atoms with van der Waals surface area (Å²) in [6.07, 6.45) is 3.75. The van der Waals surface area contributed by atoms with Crippen LogP contribution in [0.4, 0.5) is 5.95 Å². The van der Waals surface area contributed by atoms with Gasteiger partial charge in [-0.3, -0.25) is 0 Å². The minimum Gasteiger partial charge on any atom is -0.375 e. The average molecular weight is 209 g/mol. The number of hydrogen-bond acceptors (Lipinski definition) is 3. The van der Waals surface area contributed by atoms with Gasteiger partial charge in [0.2, 0.25) is 5.95 Å². The van der Waals surface area contributed by atoms with Crippen LogP contribution in [0.3, 0.4) is 0 Å². The van der Waals surface area contributed by atoms with Crippen molar-refractivity contribution in [3.8, 4) is 0 Å². The first-order chi connectivity index (χ1) is 7.24. The van der Waals surface area contributed by atoms with Crippen LogP contribution in [-0.2, 0) is 11.3 Å². The Labute approximate surface area is 91.0 Å². The second-order valence-corrected chi connectivity index (χ2v) is 3.47. The van der Waals surface area contributed by atoms with E-state index in [-0.39, 0.29) is 0 Å². The van der Waals surface area contributed by atoms with Gasteiger partial charge < -0.3 is 14.6 Å². The van der Waals surface area contributed by atoms with Crippen LogP contribution >= 0.6 is 0 Å². The van der Waals surface area contributed by atoms with Gasteiger partial charge in [0.05, 0.1) is 13.2 Å². The van der Waals surface area contributed by atoms with E-state index in [4.69, 9.17) is 4.74 Å². The average Bonchev–Trinajstić information content (AvgIpc) is 2.64. The van der Waals surface area contributed by atoms with Crippen LogP contribution in [0.15, 0.2) is 24.5 Å². The Kier molecular flexibility index (Phi) is 4.90. The van der Waals surface area contributed by atoms with Gasteiger partial charge in [-0.25, -0.2) is 4.98 Å². The third kappa shape index (κ3) is 4.16. The topological polar surface area (TPSA) is 39.1 Å². The van der Waals surface area contributed by atoms with Crippen molar-refractivity contribution in [2.24, 2.45) is 0 Å². The van der Waals surface area contributed by atoms with E-state index in [1.54, 1.807) is 6.20 Å². The third-order valence-electron chi connectivity index (χ3n) is 1.93. The number of hydrogen-bond donors (Lipinski definition) is 1. The van der Waals surface area contributed by atoms with Crippen LogP contribution < -0.4 is 5.32 Å². The van der Waals surface area contributed by atoms with E-state index in [0.29, 0.717) is 13.2 Å². The number of nitrogens with zero attached hydrogens (tertiary/aromatic N) is 2. The molecular weight excluding hydrogens is 190 g/mol. The highest BCUT2D eigenvalue weighted by atomic mass is 16.5. The fourth-order valence-electron chi connectivity index (χ4n) is 1.21. The summed E-state index contributed by atoms with van der Waals surface area (Å²) in [5.74, 6) is 0.899. The van der Waals surface area contributed by atoms with E-state index in [1.807, 2.05) is 13.1 Å². The maximum absolute atomic E-state index is 5.37. The summed E-state index contributed by atoms with van der Waals surface area (Å²) in [5.41, 5.74) is 1.05. The zero-order valence-electron chi connectivity index (χ0n) is 9.49. The van der Waals surface area contributed by atoms with Gasteiger partial charge in [0, 0.05) is 25.5 Å². The number of nitrogens with one attached hydrogen (secondary N) is 1. The van der Waals surface area contributed by atoms with Crippen molar-refractivity contribution in [3.63, 3.8) is 0 Å². The minimum atomic E-state index is 0.629. The van der Waals surface area contributed by atoms with Gasteiger partial charge in [0.25, 0.3) is 0 Å². The summed E-state index contributed by atoms with van der Waals surface area (Å²) < 4.78 is 7.42. The van der Waals surface area contributed by atoms with Crippen LogP contribution in [0, 0.1) is 0 Å². The first kappa shape index (κ1) is 11.8. The Morgan fingerprint density at radius 2 is 2.47 bits per heavy atom. The lowest BCUT2D eigenvalue weighted by Crippen LogP contribution is -2.13. The Morgan fingerprint density at radius 3 is 3.13 bits per heavy atom. The highest BCUT2D eigenvalue weighted by molar-refractivity contribution is 5.25. The number of aromatic nitrogens is 2. The van der Waals surface area contributed by atoms with Crippen molar-refractivity contribution in [3.05, 3.63) is 24.5 Å². The van der Waals surface area contributed by atoms with Gasteiger partial charge in [0.15, 0.2) is 0 Å². The molecule has 0 radical (unpaired) electrons. The van der Waals surface area contributed by atoms with Gasteiger partial charge in [-0.1, -0.05) is 12.2 Å². The van der Waals surface area contributed by atoms with Gasteiger partial charge >= 0.3 is 0 Å². The molecule has 15 heavy (non-hydrogen) atoms. The minimum absolute atomic E-state index is 0.629. The molecule has 0 amide bonds. The maximum atomic E-state index is 5.37. The van der Waals surface area contributed by atoms with E-state index >= 15 is 0 Å². The van der Waals surface area contributed by atoms with E-state index < -0.39 is 0 Å². The van der Waals surface area contributed by atoms with Gasteiger partial charge in [-0.2, -0.15) is 0 Å². The molecule has 0 saturated carbocycles. The smallest absolute Gasteiger partial charge is 0.202 e. The van der Waals surface area contributed by atoms with Crippen molar-refractivity contribution < 1.29 is 4.74 Å². The first-order valence-electron chi connectivity index (χ1n) is 5.21. The molecule has 0 aliphatic carbocycles. The SMILES string of the molecule is C=C(C)COCCNc1nccn1CC. The monoisotopic (exact) mass is 209 g/mol. The molecule has 0 unspecified atom stereocenters. The Hall–Kier alpha value is -1.29. The molecule has 1 heterocycles. The molecule has 0 bridgehead atoms. The normalized spacial score (nSPS) is 10.3. The summed E-state index contributed by atoms with van der Waals surface area (Å²) in [6, 6.07) is 0. The summed E-state index contributed by atoms with van der Waals surface area (Å²) in [6.45, 7) is 10.8. The van der Waals surface area contributed by atoms with Crippen LogP contribution in [-0.4, -0.2) is 29.3 Å². The highest BCUT2D eigenvalue weighted by Crippen LogP contribution is 2.02. The summed E-state index contributed by atoms with van der Waals surface area (Å²) in [7, 11) is 0.